The van der Waals surface area contributed by atoms with Gasteiger partial charge in [0.1, 0.15) is 11.6 Å². The molecule has 0 aliphatic carbocycles. The topological polar surface area (TPSA) is 41.1 Å². The average Bonchev–Trinajstić information content (AvgIpc) is 2.38. The van der Waals surface area contributed by atoms with Crippen LogP contribution in [0.3, 0.4) is 0 Å². The van der Waals surface area contributed by atoms with Crippen LogP contribution in [-0.2, 0) is 6.54 Å². The first-order valence-electron chi connectivity index (χ1n) is 6.57. The van der Waals surface area contributed by atoms with Crippen molar-refractivity contribution in [2.45, 2.75) is 32.1 Å². The van der Waals surface area contributed by atoms with E-state index in [9.17, 15) is 0 Å². The zero-order valence-corrected chi connectivity index (χ0v) is 12.3. The summed E-state index contributed by atoms with van der Waals surface area (Å²) in [6, 6.07) is 1.98. The molecule has 5 heteroatoms. The lowest BCUT2D eigenvalue weighted by molar-refractivity contribution is 0.266. The van der Waals surface area contributed by atoms with Crippen molar-refractivity contribution in [1.82, 2.24) is 14.9 Å². The maximum absolute atomic E-state index is 4.53. The second-order valence-electron chi connectivity index (χ2n) is 4.70. The molecule has 1 aliphatic rings. The summed E-state index contributed by atoms with van der Waals surface area (Å²) in [5, 5.41) is 3.86. The summed E-state index contributed by atoms with van der Waals surface area (Å²) in [6.07, 6.45) is 1.25. The van der Waals surface area contributed by atoms with Crippen LogP contribution in [-0.4, -0.2) is 46.0 Å². The molecule has 0 saturated carbocycles. The van der Waals surface area contributed by atoms with Crippen LogP contribution in [0.1, 0.15) is 24.9 Å². The average molecular weight is 266 g/mol. The van der Waals surface area contributed by atoms with E-state index < -0.39 is 0 Å². The van der Waals surface area contributed by atoms with Crippen LogP contribution in [0.2, 0.25) is 0 Å². The molecular weight excluding hydrogens is 244 g/mol. The van der Waals surface area contributed by atoms with Gasteiger partial charge in [0, 0.05) is 42.9 Å². The highest BCUT2D eigenvalue weighted by atomic mass is 32.2. The molecule has 1 aromatic rings. The summed E-state index contributed by atoms with van der Waals surface area (Å²) < 4.78 is 0. The van der Waals surface area contributed by atoms with E-state index in [0.29, 0.717) is 0 Å². The predicted molar refractivity (Wildman–Crippen MR) is 78.1 cm³/mol. The molecule has 18 heavy (non-hydrogen) atoms. The predicted octanol–water partition coefficient (Wildman–Crippen LogP) is 2.15. The zero-order chi connectivity index (χ0) is 13.0. The first kappa shape index (κ1) is 13.6. The Morgan fingerprint density at radius 1 is 1.50 bits per heavy atom. The van der Waals surface area contributed by atoms with Crippen molar-refractivity contribution in [3.63, 3.8) is 0 Å². The van der Waals surface area contributed by atoms with E-state index in [1.54, 1.807) is 0 Å². The molecule has 0 aromatic carbocycles. The number of aromatic nitrogens is 2. The molecule has 1 fully saturated rings. The Bertz CT molecular complexity index is 397. The monoisotopic (exact) mass is 266 g/mol. The summed E-state index contributed by atoms with van der Waals surface area (Å²) in [4.78, 5) is 11.5. The van der Waals surface area contributed by atoms with Gasteiger partial charge < -0.3 is 5.32 Å². The molecule has 4 nitrogen and oxygen atoms in total. The fourth-order valence-corrected chi connectivity index (χ4v) is 3.45. The second kappa shape index (κ2) is 6.38. The number of thioether (sulfide) groups is 1. The van der Waals surface area contributed by atoms with Gasteiger partial charge in [0.05, 0.1) is 6.54 Å². The summed E-state index contributed by atoms with van der Waals surface area (Å²) in [5.41, 5.74) is 1.03. The molecule has 1 unspecified atom stereocenters. The van der Waals surface area contributed by atoms with Crippen LogP contribution in [0.15, 0.2) is 6.07 Å². The van der Waals surface area contributed by atoms with Crippen LogP contribution >= 0.6 is 11.8 Å². The van der Waals surface area contributed by atoms with Gasteiger partial charge in [-0.2, -0.15) is 11.8 Å². The minimum absolute atomic E-state index is 0.771. The van der Waals surface area contributed by atoms with Crippen molar-refractivity contribution < 1.29 is 0 Å². The van der Waals surface area contributed by atoms with Crippen LogP contribution < -0.4 is 5.32 Å². The van der Waals surface area contributed by atoms with Crippen molar-refractivity contribution in [2.24, 2.45) is 0 Å². The molecule has 1 atom stereocenters. The number of rotatable bonds is 4. The molecule has 0 spiro atoms. The van der Waals surface area contributed by atoms with E-state index in [4.69, 9.17) is 0 Å². The molecule has 0 radical (unpaired) electrons. The van der Waals surface area contributed by atoms with Crippen LogP contribution in [0.5, 0.6) is 0 Å². The Kier molecular flexibility index (Phi) is 4.83. The first-order chi connectivity index (χ1) is 8.71. The Balaban J connectivity index is 2.02. The SMILES string of the molecule is CCC1CN(Cc2nc(C)cc(NC)n2)CCS1. The minimum Gasteiger partial charge on any atom is -0.373 e. The maximum atomic E-state index is 4.53. The number of hydrogen-bond acceptors (Lipinski definition) is 5. The van der Waals surface area contributed by atoms with Crippen molar-refractivity contribution in [2.75, 3.05) is 31.2 Å². The lowest BCUT2D eigenvalue weighted by atomic mass is 10.3. The van der Waals surface area contributed by atoms with Crippen LogP contribution in [0, 0.1) is 6.92 Å². The van der Waals surface area contributed by atoms with Gasteiger partial charge in [0.15, 0.2) is 0 Å². The third-order valence-electron chi connectivity index (χ3n) is 3.20. The third-order valence-corrected chi connectivity index (χ3v) is 4.57. The Labute approximate surface area is 114 Å². The number of nitrogens with zero attached hydrogens (tertiary/aromatic N) is 3. The molecule has 1 aliphatic heterocycles. The van der Waals surface area contributed by atoms with E-state index >= 15 is 0 Å². The van der Waals surface area contributed by atoms with Crippen molar-refractivity contribution in [3.05, 3.63) is 17.6 Å². The second-order valence-corrected chi connectivity index (χ2v) is 6.11. The molecule has 2 heterocycles. The smallest absolute Gasteiger partial charge is 0.144 e. The van der Waals surface area contributed by atoms with Crippen LogP contribution in [0.25, 0.3) is 0 Å². The number of anilines is 1. The molecular formula is C13H22N4S. The molecule has 1 saturated heterocycles. The van der Waals surface area contributed by atoms with Crippen molar-refractivity contribution >= 4 is 17.6 Å². The lowest BCUT2D eigenvalue weighted by Gasteiger charge is -2.31. The van der Waals surface area contributed by atoms with Crippen LogP contribution in [0.4, 0.5) is 5.82 Å². The van der Waals surface area contributed by atoms with E-state index in [1.807, 2.05) is 20.0 Å². The van der Waals surface area contributed by atoms with Gasteiger partial charge in [-0.3, -0.25) is 4.90 Å². The van der Waals surface area contributed by atoms with E-state index in [0.717, 1.165) is 42.2 Å². The number of aryl methyl sites for hydroxylation is 1. The van der Waals surface area contributed by atoms with Gasteiger partial charge in [-0.1, -0.05) is 6.92 Å². The Hall–Kier alpha value is -0.810. The standard InChI is InChI=1S/C13H22N4S/c1-4-11-8-17(5-6-18-11)9-13-15-10(2)7-12(14-3)16-13/h7,11H,4-6,8-9H2,1-3H3,(H,14,15,16). The molecule has 1 aromatic heterocycles. The molecule has 2 rings (SSSR count). The fourth-order valence-electron chi connectivity index (χ4n) is 2.20. The van der Waals surface area contributed by atoms with Gasteiger partial charge in [-0.05, 0) is 13.3 Å². The molecule has 1 N–H and O–H groups in total. The zero-order valence-electron chi connectivity index (χ0n) is 11.4. The first-order valence-corrected chi connectivity index (χ1v) is 7.62. The summed E-state index contributed by atoms with van der Waals surface area (Å²) >= 11 is 2.09. The minimum atomic E-state index is 0.771. The Morgan fingerprint density at radius 2 is 2.33 bits per heavy atom. The fraction of sp³-hybridized carbons (Fsp3) is 0.692. The van der Waals surface area contributed by atoms with Gasteiger partial charge in [0.2, 0.25) is 0 Å². The highest BCUT2D eigenvalue weighted by molar-refractivity contribution is 8.00. The van der Waals surface area contributed by atoms with E-state index in [-0.39, 0.29) is 0 Å². The van der Waals surface area contributed by atoms with Crippen molar-refractivity contribution in [3.8, 4) is 0 Å². The summed E-state index contributed by atoms with van der Waals surface area (Å²) in [5.74, 6) is 3.07. The number of hydrogen-bond donors (Lipinski definition) is 1. The molecule has 100 valence electrons. The van der Waals surface area contributed by atoms with Gasteiger partial charge >= 0.3 is 0 Å². The normalized spacial score (nSPS) is 20.9. The quantitative estimate of drug-likeness (QED) is 0.904. The number of nitrogens with one attached hydrogen (secondary N) is 1. The Morgan fingerprint density at radius 3 is 3.06 bits per heavy atom. The van der Waals surface area contributed by atoms with E-state index in [2.05, 4.69) is 38.9 Å². The lowest BCUT2D eigenvalue weighted by Crippen LogP contribution is -2.37. The summed E-state index contributed by atoms with van der Waals surface area (Å²) in [6.45, 7) is 7.46. The maximum Gasteiger partial charge on any atom is 0.144 e. The molecule has 0 amide bonds. The summed E-state index contributed by atoms with van der Waals surface area (Å²) in [7, 11) is 1.90. The highest BCUT2D eigenvalue weighted by Gasteiger charge is 2.19. The third kappa shape index (κ3) is 3.59. The van der Waals surface area contributed by atoms with Crippen molar-refractivity contribution in [1.29, 1.82) is 0 Å². The van der Waals surface area contributed by atoms with E-state index in [1.165, 1.54) is 12.2 Å². The highest BCUT2D eigenvalue weighted by Crippen LogP contribution is 2.22. The van der Waals surface area contributed by atoms with Gasteiger partial charge in [-0.25, -0.2) is 9.97 Å². The molecule has 0 bridgehead atoms. The van der Waals surface area contributed by atoms with Gasteiger partial charge in [0.25, 0.3) is 0 Å². The van der Waals surface area contributed by atoms with Gasteiger partial charge in [-0.15, -0.1) is 0 Å². The largest absolute Gasteiger partial charge is 0.373 e.